The van der Waals surface area contributed by atoms with Crippen molar-refractivity contribution in [3.63, 3.8) is 0 Å². The molecule has 1 rings (SSSR count). The second-order valence-corrected chi connectivity index (χ2v) is 3.31. The van der Waals surface area contributed by atoms with Crippen molar-refractivity contribution in [2.75, 3.05) is 6.54 Å². The first-order valence-corrected chi connectivity index (χ1v) is 4.28. The van der Waals surface area contributed by atoms with Gasteiger partial charge in [0.2, 0.25) is 0 Å². The summed E-state index contributed by atoms with van der Waals surface area (Å²) in [5.74, 6) is -0.159. The van der Waals surface area contributed by atoms with Crippen molar-refractivity contribution < 1.29 is 4.39 Å². The monoisotopic (exact) mass is 182 g/mol. The number of rotatable bonds is 2. The molecule has 2 nitrogen and oxygen atoms in total. The van der Waals surface area contributed by atoms with Crippen LogP contribution in [0, 0.1) is 19.7 Å². The van der Waals surface area contributed by atoms with Crippen LogP contribution in [0.4, 0.5) is 4.39 Å². The van der Waals surface area contributed by atoms with Crippen LogP contribution in [0.2, 0.25) is 0 Å². The van der Waals surface area contributed by atoms with Gasteiger partial charge in [0.05, 0.1) is 0 Å². The first kappa shape index (κ1) is 10.2. The van der Waals surface area contributed by atoms with Gasteiger partial charge in [-0.05, 0) is 30.5 Å². The van der Waals surface area contributed by atoms with E-state index in [1.165, 1.54) is 0 Å². The minimum Gasteiger partial charge on any atom is -0.329 e. The van der Waals surface area contributed by atoms with Crippen molar-refractivity contribution in [3.8, 4) is 0 Å². The predicted molar refractivity (Wildman–Crippen MR) is 51.9 cm³/mol. The van der Waals surface area contributed by atoms with Gasteiger partial charge in [-0.1, -0.05) is 12.1 Å². The number of benzene rings is 1. The molecule has 0 aliphatic carbocycles. The summed E-state index contributed by atoms with van der Waals surface area (Å²) in [5, 5.41) is 0. The Hall–Kier alpha value is -0.930. The Morgan fingerprint density at radius 3 is 2.15 bits per heavy atom. The number of hydrogen-bond donors (Lipinski definition) is 2. The highest BCUT2D eigenvalue weighted by atomic mass is 19.1. The molecule has 0 heterocycles. The summed E-state index contributed by atoms with van der Waals surface area (Å²) < 4.78 is 13.2. The second-order valence-electron chi connectivity index (χ2n) is 3.31. The van der Waals surface area contributed by atoms with Crippen molar-refractivity contribution in [3.05, 3.63) is 34.6 Å². The summed E-state index contributed by atoms with van der Waals surface area (Å²) in [6.45, 7) is 3.84. The number of aryl methyl sites for hydroxylation is 2. The van der Waals surface area contributed by atoms with E-state index < -0.39 is 0 Å². The molecule has 0 aliphatic heterocycles. The third-order valence-corrected chi connectivity index (χ3v) is 2.14. The molecule has 0 aromatic heterocycles. The normalized spacial score (nSPS) is 13.0. The lowest BCUT2D eigenvalue weighted by atomic mass is 10.0. The van der Waals surface area contributed by atoms with E-state index in [0.29, 0.717) is 17.7 Å². The predicted octanol–water partition coefficient (Wildman–Crippen LogP) is 1.40. The van der Waals surface area contributed by atoms with E-state index in [1.807, 2.05) is 0 Å². The average molecular weight is 182 g/mol. The molecular weight excluding hydrogens is 167 g/mol. The lowest BCUT2D eigenvalue weighted by molar-refractivity contribution is 0.606. The molecule has 3 heteroatoms. The maximum Gasteiger partial charge on any atom is 0.129 e. The highest BCUT2D eigenvalue weighted by Crippen LogP contribution is 2.18. The van der Waals surface area contributed by atoms with E-state index in [9.17, 15) is 4.39 Å². The van der Waals surface area contributed by atoms with Gasteiger partial charge in [0.25, 0.3) is 0 Å². The summed E-state index contributed by atoms with van der Waals surface area (Å²) in [6.07, 6.45) is 0. The zero-order chi connectivity index (χ0) is 10.0. The van der Waals surface area contributed by atoms with Gasteiger partial charge in [0.15, 0.2) is 0 Å². The Morgan fingerprint density at radius 2 is 1.77 bits per heavy atom. The molecule has 0 radical (unpaired) electrons. The Bertz CT molecular complexity index is 287. The summed E-state index contributed by atoms with van der Waals surface area (Å²) >= 11 is 0. The minimum atomic E-state index is -0.196. The summed E-state index contributed by atoms with van der Waals surface area (Å²) in [6, 6.07) is 3.30. The van der Waals surface area contributed by atoms with E-state index in [1.54, 1.807) is 26.0 Å². The summed E-state index contributed by atoms with van der Waals surface area (Å²) in [5.41, 5.74) is 13.3. The first-order chi connectivity index (χ1) is 6.06. The largest absolute Gasteiger partial charge is 0.329 e. The van der Waals surface area contributed by atoms with Gasteiger partial charge in [-0.3, -0.25) is 0 Å². The number of halogens is 1. The quantitative estimate of drug-likeness (QED) is 0.726. The molecule has 0 saturated heterocycles. The molecule has 1 unspecified atom stereocenters. The minimum absolute atomic E-state index is 0.159. The van der Waals surface area contributed by atoms with Crippen molar-refractivity contribution in [2.24, 2.45) is 11.5 Å². The molecule has 0 spiro atoms. The molecule has 0 bridgehead atoms. The van der Waals surface area contributed by atoms with Crippen molar-refractivity contribution in [2.45, 2.75) is 19.9 Å². The number of hydrogen-bond acceptors (Lipinski definition) is 2. The van der Waals surface area contributed by atoms with E-state index in [0.717, 1.165) is 5.56 Å². The van der Waals surface area contributed by atoms with E-state index in [4.69, 9.17) is 11.5 Å². The highest BCUT2D eigenvalue weighted by Gasteiger charge is 2.08. The van der Waals surface area contributed by atoms with Crippen molar-refractivity contribution in [1.82, 2.24) is 0 Å². The molecular formula is C10H15FN2. The smallest absolute Gasteiger partial charge is 0.129 e. The topological polar surface area (TPSA) is 52.0 Å². The van der Waals surface area contributed by atoms with Crippen LogP contribution in [0.5, 0.6) is 0 Å². The summed E-state index contributed by atoms with van der Waals surface area (Å²) in [7, 11) is 0. The Morgan fingerprint density at radius 1 is 1.31 bits per heavy atom. The molecule has 0 saturated carbocycles. The molecule has 0 amide bonds. The van der Waals surface area contributed by atoms with Crippen molar-refractivity contribution >= 4 is 0 Å². The van der Waals surface area contributed by atoms with Crippen LogP contribution in [0.1, 0.15) is 22.7 Å². The van der Waals surface area contributed by atoms with Gasteiger partial charge in [-0.2, -0.15) is 0 Å². The summed E-state index contributed by atoms with van der Waals surface area (Å²) in [4.78, 5) is 0. The molecule has 13 heavy (non-hydrogen) atoms. The third-order valence-electron chi connectivity index (χ3n) is 2.14. The molecule has 0 aliphatic rings. The van der Waals surface area contributed by atoms with Gasteiger partial charge in [-0.15, -0.1) is 0 Å². The maximum atomic E-state index is 13.2. The standard InChI is InChI=1S/C10H15FN2/c1-6-3-8(9(13)5-12)4-7(2)10(6)11/h3-4,9H,5,12-13H2,1-2H3. The van der Waals surface area contributed by atoms with Crippen LogP contribution in [0.25, 0.3) is 0 Å². The number of nitrogens with two attached hydrogens (primary N) is 2. The molecule has 1 aromatic carbocycles. The molecule has 1 atom stereocenters. The lowest BCUT2D eigenvalue weighted by Crippen LogP contribution is -2.21. The van der Waals surface area contributed by atoms with Crippen LogP contribution in [-0.2, 0) is 0 Å². The van der Waals surface area contributed by atoms with Crippen LogP contribution >= 0.6 is 0 Å². The average Bonchev–Trinajstić information content (AvgIpc) is 2.12. The molecule has 1 aromatic rings. The maximum absolute atomic E-state index is 13.2. The SMILES string of the molecule is Cc1cc(C(N)CN)cc(C)c1F. The van der Waals surface area contributed by atoms with E-state index in [-0.39, 0.29) is 11.9 Å². The van der Waals surface area contributed by atoms with Crippen LogP contribution in [0.15, 0.2) is 12.1 Å². The molecule has 4 N–H and O–H groups in total. The Labute approximate surface area is 77.7 Å². The molecule has 72 valence electrons. The Kier molecular flexibility index (Phi) is 3.01. The van der Waals surface area contributed by atoms with Gasteiger partial charge in [0.1, 0.15) is 5.82 Å². The van der Waals surface area contributed by atoms with E-state index in [2.05, 4.69) is 0 Å². The zero-order valence-corrected chi connectivity index (χ0v) is 7.97. The van der Waals surface area contributed by atoms with E-state index >= 15 is 0 Å². The van der Waals surface area contributed by atoms with Crippen LogP contribution < -0.4 is 11.5 Å². The highest BCUT2D eigenvalue weighted by molar-refractivity contribution is 5.32. The molecule has 0 fully saturated rings. The van der Waals surface area contributed by atoms with Crippen LogP contribution in [0.3, 0.4) is 0 Å². The van der Waals surface area contributed by atoms with Gasteiger partial charge in [-0.25, -0.2) is 4.39 Å². The van der Waals surface area contributed by atoms with Gasteiger partial charge >= 0.3 is 0 Å². The first-order valence-electron chi connectivity index (χ1n) is 4.28. The Balaban J connectivity index is 3.13. The fourth-order valence-corrected chi connectivity index (χ4v) is 1.33. The van der Waals surface area contributed by atoms with Crippen LogP contribution in [-0.4, -0.2) is 6.54 Å². The van der Waals surface area contributed by atoms with Gasteiger partial charge in [0, 0.05) is 12.6 Å². The second kappa shape index (κ2) is 3.85. The lowest BCUT2D eigenvalue weighted by Gasteiger charge is -2.11. The fourth-order valence-electron chi connectivity index (χ4n) is 1.33. The third kappa shape index (κ3) is 2.05. The van der Waals surface area contributed by atoms with Gasteiger partial charge < -0.3 is 11.5 Å². The van der Waals surface area contributed by atoms with Crippen molar-refractivity contribution in [1.29, 1.82) is 0 Å². The zero-order valence-electron chi connectivity index (χ0n) is 7.97. The fraction of sp³-hybridized carbons (Fsp3) is 0.400.